The predicted molar refractivity (Wildman–Crippen MR) is 93.6 cm³/mol. The Morgan fingerprint density at radius 3 is 2.67 bits per heavy atom. The molecule has 0 bridgehead atoms. The lowest BCUT2D eigenvalue weighted by molar-refractivity contribution is 0.0600. The van der Waals surface area contributed by atoms with Crippen LogP contribution in [0.5, 0.6) is 0 Å². The summed E-state index contributed by atoms with van der Waals surface area (Å²) in [7, 11) is -2.30. The highest BCUT2D eigenvalue weighted by molar-refractivity contribution is 7.91. The molecule has 0 saturated heterocycles. The van der Waals surface area contributed by atoms with Crippen LogP contribution in [-0.2, 0) is 21.3 Å². The molecular formula is C17H15NO4S2. The summed E-state index contributed by atoms with van der Waals surface area (Å²) in [6, 6.07) is 15.8. The van der Waals surface area contributed by atoms with Gasteiger partial charge in [-0.2, -0.15) is 0 Å². The Morgan fingerprint density at radius 2 is 1.92 bits per heavy atom. The molecule has 0 atom stereocenters. The molecule has 0 spiro atoms. The van der Waals surface area contributed by atoms with Crippen LogP contribution in [0.3, 0.4) is 0 Å². The van der Waals surface area contributed by atoms with Gasteiger partial charge in [0.15, 0.2) is 0 Å². The van der Waals surface area contributed by atoms with Crippen LogP contribution < -0.4 is 4.72 Å². The molecule has 0 saturated carbocycles. The van der Waals surface area contributed by atoms with E-state index in [0.717, 1.165) is 10.1 Å². The van der Waals surface area contributed by atoms with Crippen molar-refractivity contribution in [1.29, 1.82) is 0 Å². The van der Waals surface area contributed by atoms with E-state index in [2.05, 4.69) is 9.46 Å². The van der Waals surface area contributed by atoms with Gasteiger partial charge in [0, 0.05) is 11.2 Å². The fourth-order valence-corrected chi connectivity index (χ4v) is 4.73. The topological polar surface area (TPSA) is 72.5 Å². The summed E-state index contributed by atoms with van der Waals surface area (Å²) >= 11 is 1.23. The molecule has 24 heavy (non-hydrogen) atoms. The first-order valence-corrected chi connectivity index (χ1v) is 9.45. The Hall–Kier alpha value is -2.22. The second-order valence-corrected chi connectivity index (χ2v) is 8.20. The minimum Gasteiger partial charge on any atom is -0.465 e. The van der Waals surface area contributed by atoms with Crippen molar-refractivity contribution < 1.29 is 17.9 Å². The maximum absolute atomic E-state index is 12.5. The number of sulfonamides is 1. The standard InChI is InChI=1S/C17H15NO4S2/c1-22-17(19)14-7-4-5-12(9-14)11-18-24(20,21)16-10-13-6-2-3-8-15(13)23-16/h2-10,18H,11H2,1H3. The smallest absolute Gasteiger partial charge is 0.337 e. The van der Waals surface area contributed by atoms with E-state index in [-0.39, 0.29) is 10.8 Å². The van der Waals surface area contributed by atoms with Gasteiger partial charge in [0.05, 0.1) is 12.7 Å². The summed E-state index contributed by atoms with van der Waals surface area (Å²) in [6.45, 7) is 0.0986. The lowest BCUT2D eigenvalue weighted by atomic mass is 10.1. The van der Waals surface area contributed by atoms with E-state index in [1.165, 1.54) is 18.4 Å². The van der Waals surface area contributed by atoms with Crippen LogP contribution in [0.15, 0.2) is 58.8 Å². The third-order valence-electron chi connectivity index (χ3n) is 3.48. The highest BCUT2D eigenvalue weighted by Crippen LogP contribution is 2.28. The van der Waals surface area contributed by atoms with Gasteiger partial charge in [-0.15, -0.1) is 11.3 Å². The molecule has 0 unspecified atom stereocenters. The number of hydrogen-bond donors (Lipinski definition) is 1. The normalized spacial score (nSPS) is 11.5. The fourth-order valence-electron chi connectivity index (χ4n) is 2.27. The molecule has 0 aliphatic heterocycles. The largest absolute Gasteiger partial charge is 0.465 e. The zero-order chi connectivity index (χ0) is 17.2. The van der Waals surface area contributed by atoms with E-state index >= 15 is 0 Å². The van der Waals surface area contributed by atoms with Crippen LogP contribution >= 0.6 is 11.3 Å². The van der Waals surface area contributed by atoms with E-state index in [0.29, 0.717) is 11.1 Å². The van der Waals surface area contributed by atoms with E-state index < -0.39 is 16.0 Å². The molecule has 5 nitrogen and oxygen atoms in total. The van der Waals surface area contributed by atoms with Crippen molar-refractivity contribution in [2.45, 2.75) is 10.8 Å². The Morgan fingerprint density at radius 1 is 1.12 bits per heavy atom. The second kappa shape index (κ2) is 6.72. The van der Waals surface area contributed by atoms with E-state index in [4.69, 9.17) is 0 Å². The third-order valence-corrected chi connectivity index (χ3v) is 6.47. The van der Waals surface area contributed by atoms with Gasteiger partial charge in [-0.3, -0.25) is 0 Å². The van der Waals surface area contributed by atoms with Gasteiger partial charge < -0.3 is 4.74 Å². The molecule has 7 heteroatoms. The fraction of sp³-hybridized carbons (Fsp3) is 0.118. The van der Waals surface area contributed by atoms with Gasteiger partial charge in [0.1, 0.15) is 4.21 Å². The molecule has 3 rings (SSSR count). The van der Waals surface area contributed by atoms with Crippen LogP contribution in [-0.4, -0.2) is 21.5 Å². The van der Waals surface area contributed by atoms with Crippen LogP contribution in [0.4, 0.5) is 0 Å². The number of thiophene rings is 1. The van der Waals surface area contributed by atoms with E-state index in [1.807, 2.05) is 24.3 Å². The van der Waals surface area contributed by atoms with Gasteiger partial charge in [0.2, 0.25) is 10.0 Å². The molecule has 1 heterocycles. The van der Waals surface area contributed by atoms with Crippen LogP contribution in [0, 0.1) is 0 Å². The second-order valence-electron chi connectivity index (χ2n) is 5.12. The molecule has 0 radical (unpaired) electrons. The molecular weight excluding hydrogens is 346 g/mol. The van der Waals surface area contributed by atoms with Crippen molar-refractivity contribution >= 4 is 37.4 Å². The first kappa shape index (κ1) is 16.6. The first-order valence-electron chi connectivity index (χ1n) is 7.15. The average Bonchev–Trinajstić information content (AvgIpc) is 3.05. The van der Waals surface area contributed by atoms with Crippen molar-refractivity contribution in [3.63, 3.8) is 0 Å². The molecule has 2 aromatic carbocycles. The number of hydrogen-bond acceptors (Lipinski definition) is 5. The highest BCUT2D eigenvalue weighted by atomic mass is 32.2. The summed E-state index contributed by atoms with van der Waals surface area (Å²) in [5.74, 6) is -0.454. The quantitative estimate of drug-likeness (QED) is 0.709. The number of ether oxygens (including phenoxy) is 1. The van der Waals surface area contributed by atoms with Crippen LogP contribution in [0.2, 0.25) is 0 Å². The maximum atomic E-state index is 12.5. The van der Waals surface area contributed by atoms with Gasteiger partial charge in [-0.1, -0.05) is 30.3 Å². The molecule has 0 aliphatic rings. The Bertz CT molecular complexity index is 960. The number of fused-ring (bicyclic) bond motifs is 1. The lowest BCUT2D eigenvalue weighted by Gasteiger charge is -2.06. The van der Waals surface area contributed by atoms with Gasteiger partial charge >= 0.3 is 5.97 Å². The Labute approximate surface area is 143 Å². The first-order chi connectivity index (χ1) is 11.5. The number of nitrogens with one attached hydrogen (secondary N) is 1. The van der Waals surface area contributed by atoms with Crippen molar-refractivity contribution in [2.75, 3.05) is 7.11 Å². The number of carbonyl (C=O) groups excluding carboxylic acids is 1. The number of benzene rings is 2. The van der Waals surface area contributed by atoms with Crippen molar-refractivity contribution in [1.82, 2.24) is 4.72 Å². The molecule has 1 aromatic heterocycles. The summed E-state index contributed by atoms with van der Waals surface area (Å²) in [5.41, 5.74) is 1.07. The number of methoxy groups -OCH3 is 1. The predicted octanol–water partition coefficient (Wildman–Crippen LogP) is 3.17. The highest BCUT2D eigenvalue weighted by Gasteiger charge is 2.17. The average molecular weight is 361 g/mol. The summed E-state index contributed by atoms with van der Waals surface area (Å²) in [4.78, 5) is 11.5. The maximum Gasteiger partial charge on any atom is 0.337 e. The lowest BCUT2D eigenvalue weighted by Crippen LogP contribution is -2.22. The van der Waals surface area contributed by atoms with Gasteiger partial charge in [0.25, 0.3) is 0 Å². The Kier molecular flexibility index (Phi) is 4.66. The molecule has 124 valence electrons. The minimum absolute atomic E-state index is 0.0986. The molecule has 1 N–H and O–H groups in total. The summed E-state index contributed by atoms with van der Waals surface area (Å²) < 4.78 is 33.3. The SMILES string of the molecule is COC(=O)c1cccc(CNS(=O)(=O)c2cc3ccccc3s2)c1. The molecule has 0 amide bonds. The zero-order valence-corrected chi connectivity index (χ0v) is 14.5. The Balaban J connectivity index is 1.79. The number of rotatable bonds is 5. The summed E-state index contributed by atoms with van der Waals surface area (Å²) in [6.07, 6.45) is 0. The summed E-state index contributed by atoms with van der Waals surface area (Å²) in [5, 5.41) is 0.899. The molecule has 0 fully saturated rings. The van der Waals surface area contributed by atoms with E-state index in [1.54, 1.807) is 30.3 Å². The van der Waals surface area contributed by atoms with Crippen molar-refractivity contribution in [2.24, 2.45) is 0 Å². The number of carbonyl (C=O) groups is 1. The molecule has 3 aromatic rings. The monoisotopic (exact) mass is 361 g/mol. The number of esters is 1. The van der Waals surface area contributed by atoms with Crippen LogP contribution in [0.25, 0.3) is 10.1 Å². The zero-order valence-electron chi connectivity index (χ0n) is 12.9. The van der Waals surface area contributed by atoms with E-state index in [9.17, 15) is 13.2 Å². The van der Waals surface area contributed by atoms with Crippen molar-refractivity contribution in [3.05, 3.63) is 65.7 Å². The van der Waals surface area contributed by atoms with Gasteiger partial charge in [-0.05, 0) is 35.2 Å². The van der Waals surface area contributed by atoms with Crippen LogP contribution in [0.1, 0.15) is 15.9 Å². The van der Waals surface area contributed by atoms with Gasteiger partial charge in [-0.25, -0.2) is 17.9 Å². The molecule has 0 aliphatic carbocycles. The van der Waals surface area contributed by atoms with Crippen molar-refractivity contribution in [3.8, 4) is 0 Å². The minimum atomic E-state index is -3.61. The third kappa shape index (κ3) is 3.48.